The summed E-state index contributed by atoms with van der Waals surface area (Å²) < 4.78 is 0. The third-order valence-electron chi connectivity index (χ3n) is 4.03. The average Bonchev–Trinajstić information content (AvgIpc) is 2.77. The Kier molecular flexibility index (Phi) is 6.97. The SMILES string of the molecule is CCCCCCCCc1cc(C(C)(C)C)sc1C(C)(C)C. The molecule has 21 heavy (non-hydrogen) atoms. The third-order valence-corrected chi connectivity index (χ3v) is 6.06. The van der Waals surface area contributed by atoms with Crippen molar-refractivity contribution in [2.75, 3.05) is 0 Å². The van der Waals surface area contributed by atoms with Gasteiger partial charge >= 0.3 is 0 Å². The van der Waals surface area contributed by atoms with Gasteiger partial charge in [0.05, 0.1) is 0 Å². The van der Waals surface area contributed by atoms with Crippen molar-refractivity contribution in [3.8, 4) is 0 Å². The molecule has 122 valence electrons. The first-order valence-corrected chi connectivity index (χ1v) is 9.61. The summed E-state index contributed by atoms with van der Waals surface area (Å²) in [5.41, 5.74) is 2.18. The highest BCUT2D eigenvalue weighted by molar-refractivity contribution is 7.12. The second-order valence-corrected chi connectivity index (χ2v) is 9.53. The Hall–Kier alpha value is -0.300. The first kappa shape index (κ1) is 18.7. The minimum Gasteiger partial charge on any atom is -0.144 e. The van der Waals surface area contributed by atoms with Crippen molar-refractivity contribution in [3.05, 3.63) is 21.4 Å². The van der Waals surface area contributed by atoms with Crippen molar-refractivity contribution in [1.82, 2.24) is 0 Å². The van der Waals surface area contributed by atoms with Gasteiger partial charge in [0, 0.05) is 9.75 Å². The van der Waals surface area contributed by atoms with E-state index in [0.717, 1.165) is 0 Å². The lowest BCUT2D eigenvalue weighted by atomic mass is 9.88. The lowest BCUT2D eigenvalue weighted by Crippen LogP contribution is -2.11. The van der Waals surface area contributed by atoms with Gasteiger partial charge in [-0.2, -0.15) is 0 Å². The van der Waals surface area contributed by atoms with Gasteiger partial charge in [0.25, 0.3) is 0 Å². The standard InChI is InChI=1S/C20H36S/c1-8-9-10-11-12-13-14-16-15-17(19(2,3)4)21-18(16)20(5,6)7/h15H,8-14H2,1-7H3. The number of thiophene rings is 1. The van der Waals surface area contributed by atoms with Crippen LogP contribution in [0.5, 0.6) is 0 Å². The number of hydrogen-bond donors (Lipinski definition) is 0. The molecule has 1 rings (SSSR count). The molecule has 0 unspecified atom stereocenters. The van der Waals surface area contributed by atoms with Gasteiger partial charge in [-0.05, 0) is 35.3 Å². The molecule has 0 atom stereocenters. The summed E-state index contributed by atoms with van der Waals surface area (Å²) in [6.07, 6.45) is 9.59. The zero-order valence-corrected chi connectivity index (χ0v) is 16.3. The Morgan fingerprint density at radius 2 is 1.38 bits per heavy atom. The van der Waals surface area contributed by atoms with E-state index in [9.17, 15) is 0 Å². The van der Waals surface area contributed by atoms with Crippen LogP contribution >= 0.6 is 11.3 Å². The molecule has 0 N–H and O–H groups in total. The summed E-state index contributed by atoms with van der Waals surface area (Å²) in [5.74, 6) is 0. The van der Waals surface area contributed by atoms with Gasteiger partial charge in [-0.15, -0.1) is 11.3 Å². The molecular formula is C20H36S. The first-order valence-electron chi connectivity index (χ1n) is 8.80. The minimum absolute atomic E-state index is 0.282. The van der Waals surface area contributed by atoms with E-state index in [1.165, 1.54) is 44.9 Å². The molecule has 1 aromatic rings. The summed E-state index contributed by atoms with van der Waals surface area (Å²) in [6, 6.07) is 2.50. The fraction of sp³-hybridized carbons (Fsp3) is 0.800. The molecule has 0 fully saturated rings. The molecule has 0 aromatic carbocycles. The van der Waals surface area contributed by atoms with Gasteiger partial charge in [-0.1, -0.05) is 80.6 Å². The van der Waals surface area contributed by atoms with Crippen molar-refractivity contribution in [2.24, 2.45) is 0 Å². The van der Waals surface area contributed by atoms with Crippen molar-refractivity contribution >= 4 is 11.3 Å². The van der Waals surface area contributed by atoms with Crippen LogP contribution in [0.3, 0.4) is 0 Å². The molecule has 0 radical (unpaired) electrons. The van der Waals surface area contributed by atoms with Gasteiger partial charge in [0.2, 0.25) is 0 Å². The van der Waals surface area contributed by atoms with E-state index >= 15 is 0 Å². The number of hydrogen-bond acceptors (Lipinski definition) is 1. The van der Waals surface area contributed by atoms with E-state index in [-0.39, 0.29) is 10.8 Å². The number of unbranched alkanes of at least 4 members (excludes halogenated alkanes) is 5. The average molecular weight is 309 g/mol. The molecule has 0 bridgehead atoms. The van der Waals surface area contributed by atoms with Crippen LogP contribution in [0.15, 0.2) is 6.07 Å². The quantitative estimate of drug-likeness (QED) is 0.465. The monoisotopic (exact) mass is 308 g/mol. The predicted octanol–water partition coefficient (Wildman–Crippen LogP) is 7.25. The van der Waals surface area contributed by atoms with Crippen molar-refractivity contribution in [2.45, 2.75) is 104 Å². The number of aryl methyl sites for hydroxylation is 1. The molecule has 0 saturated carbocycles. The molecule has 1 aromatic heterocycles. The smallest absolute Gasteiger partial charge is 0.0134 e. The summed E-state index contributed by atoms with van der Waals surface area (Å²) in [4.78, 5) is 3.16. The molecule has 1 heteroatoms. The van der Waals surface area contributed by atoms with Gasteiger partial charge in [0.15, 0.2) is 0 Å². The van der Waals surface area contributed by atoms with Gasteiger partial charge in [-0.25, -0.2) is 0 Å². The molecule has 0 spiro atoms. The van der Waals surface area contributed by atoms with Crippen molar-refractivity contribution in [3.63, 3.8) is 0 Å². The predicted molar refractivity (Wildman–Crippen MR) is 98.8 cm³/mol. The van der Waals surface area contributed by atoms with Crippen LogP contribution in [-0.2, 0) is 17.3 Å². The second kappa shape index (κ2) is 7.81. The van der Waals surface area contributed by atoms with Crippen LogP contribution in [0.25, 0.3) is 0 Å². The van der Waals surface area contributed by atoms with Crippen molar-refractivity contribution < 1.29 is 0 Å². The van der Waals surface area contributed by atoms with Gasteiger partial charge in [0.1, 0.15) is 0 Å². The maximum absolute atomic E-state index is 2.50. The Labute approximate surface area is 137 Å². The van der Waals surface area contributed by atoms with Crippen molar-refractivity contribution in [1.29, 1.82) is 0 Å². The van der Waals surface area contributed by atoms with Crippen LogP contribution in [0, 0.1) is 0 Å². The van der Waals surface area contributed by atoms with E-state index < -0.39 is 0 Å². The number of rotatable bonds is 7. The van der Waals surface area contributed by atoms with E-state index in [1.807, 2.05) is 11.3 Å². The highest BCUT2D eigenvalue weighted by atomic mass is 32.1. The first-order chi connectivity index (χ1) is 9.66. The maximum Gasteiger partial charge on any atom is 0.0134 e. The highest BCUT2D eigenvalue weighted by Gasteiger charge is 2.25. The fourth-order valence-corrected chi connectivity index (χ4v) is 4.04. The molecule has 0 saturated heterocycles. The van der Waals surface area contributed by atoms with Crippen LogP contribution in [0.4, 0.5) is 0 Å². The lowest BCUT2D eigenvalue weighted by molar-refractivity contribution is 0.582. The van der Waals surface area contributed by atoms with E-state index in [1.54, 1.807) is 15.3 Å². The summed E-state index contributed by atoms with van der Waals surface area (Å²) in [5, 5.41) is 0. The Morgan fingerprint density at radius 3 is 1.90 bits per heavy atom. The van der Waals surface area contributed by atoms with Crippen LogP contribution in [-0.4, -0.2) is 0 Å². The lowest BCUT2D eigenvalue weighted by Gasteiger charge is -2.19. The van der Waals surface area contributed by atoms with E-state index in [0.29, 0.717) is 0 Å². The molecule has 0 amide bonds. The molecule has 0 nitrogen and oxygen atoms in total. The largest absolute Gasteiger partial charge is 0.144 e. The summed E-state index contributed by atoms with van der Waals surface area (Å²) >= 11 is 2.05. The zero-order valence-electron chi connectivity index (χ0n) is 15.4. The molecular weight excluding hydrogens is 272 g/mol. The second-order valence-electron chi connectivity index (χ2n) is 8.48. The third kappa shape index (κ3) is 6.14. The van der Waals surface area contributed by atoms with Crippen LogP contribution < -0.4 is 0 Å². The Bertz CT molecular complexity index is 412. The Morgan fingerprint density at radius 1 is 0.810 bits per heavy atom. The molecule has 0 aliphatic carbocycles. The summed E-state index contributed by atoms with van der Waals surface area (Å²) in [6.45, 7) is 16.4. The van der Waals surface area contributed by atoms with Crippen LogP contribution in [0.1, 0.15) is 102 Å². The maximum atomic E-state index is 2.50. The van der Waals surface area contributed by atoms with E-state index in [4.69, 9.17) is 0 Å². The Balaban J connectivity index is 2.69. The molecule has 1 heterocycles. The molecule has 0 aliphatic heterocycles. The van der Waals surface area contributed by atoms with Gasteiger partial charge < -0.3 is 0 Å². The normalized spacial score (nSPS) is 12.9. The fourth-order valence-electron chi connectivity index (χ4n) is 2.71. The topological polar surface area (TPSA) is 0 Å². The van der Waals surface area contributed by atoms with Gasteiger partial charge in [-0.3, -0.25) is 0 Å². The van der Waals surface area contributed by atoms with E-state index in [2.05, 4.69) is 54.5 Å². The van der Waals surface area contributed by atoms with Crippen LogP contribution in [0.2, 0.25) is 0 Å². The highest BCUT2D eigenvalue weighted by Crippen LogP contribution is 2.39. The zero-order chi connectivity index (χ0) is 16.1. The summed E-state index contributed by atoms with van der Waals surface area (Å²) in [7, 11) is 0. The minimum atomic E-state index is 0.282. The molecule has 0 aliphatic rings.